The molecule has 2 heteroatoms. The van der Waals surface area contributed by atoms with Crippen molar-refractivity contribution in [3.05, 3.63) is 0 Å². The molecule has 1 aliphatic heterocycles. The first-order valence-electron chi connectivity index (χ1n) is 4.21. The van der Waals surface area contributed by atoms with Crippen LogP contribution in [0, 0.1) is 11.8 Å². The summed E-state index contributed by atoms with van der Waals surface area (Å²) >= 11 is 0. The Hall–Kier alpha value is -0.0800. The zero-order chi connectivity index (χ0) is 6.81. The van der Waals surface area contributed by atoms with E-state index in [1.54, 1.807) is 0 Å². The molecule has 1 saturated carbocycles. The van der Waals surface area contributed by atoms with Crippen LogP contribution in [0.25, 0.3) is 0 Å². The van der Waals surface area contributed by atoms with Gasteiger partial charge in [-0.25, -0.2) is 9.78 Å². The van der Waals surface area contributed by atoms with Gasteiger partial charge in [-0.15, -0.1) is 0 Å². The normalized spacial score (nSPS) is 40.8. The van der Waals surface area contributed by atoms with Crippen molar-refractivity contribution < 1.29 is 9.78 Å². The van der Waals surface area contributed by atoms with Crippen molar-refractivity contribution >= 4 is 0 Å². The maximum absolute atomic E-state index is 4.94. The molecule has 2 fully saturated rings. The first kappa shape index (κ1) is 6.62. The molecule has 2 aliphatic rings. The van der Waals surface area contributed by atoms with Crippen molar-refractivity contribution in [3.8, 4) is 0 Å². The van der Waals surface area contributed by atoms with Crippen LogP contribution in [0.4, 0.5) is 0 Å². The summed E-state index contributed by atoms with van der Waals surface area (Å²) in [5, 5.41) is 0. The Morgan fingerprint density at radius 3 is 1.80 bits per heavy atom. The van der Waals surface area contributed by atoms with Crippen molar-refractivity contribution in [1.82, 2.24) is 0 Å². The standard InChI is InChI=1S/C8H14O2/c1-2-4-8-6-10-9-5-7(8)3-1/h7-8H,1-6H2/t7-,8?/m0/s1. The Bertz CT molecular complexity index is 87.8. The molecule has 0 radical (unpaired) electrons. The molecule has 0 aromatic heterocycles. The molecule has 0 aromatic carbocycles. The van der Waals surface area contributed by atoms with Gasteiger partial charge in [0.2, 0.25) is 0 Å². The summed E-state index contributed by atoms with van der Waals surface area (Å²) in [5.74, 6) is 1.62. The second-order valence-electron chi connectivity index (χ2n) is 3.37. The number of hydrogen-bond donors (Lipinski definition) is 0. The number of hydrogen-bond acceptors (Lipinski definition) is 2. The van der Waals surface area contributed by atoms with E-state index in [9.17, 15) is 0 Å². The van der Waals surface area contributed by atoms with Crippen LogP contribution < -0.4 is 0 Å². The molecule has 0 bridgehead atoms. The lowest BCUT2D eigenvalue weighted by Gasteiger charge is -2.33. The van der Waals surface area contributed by atoms with Crippen LogP contribution in [0.5, 0.6) is 0 Å². The Balaban J connectivity index is 1.93. The molecule has 1 aliphatic carbocycles. The van der Waals surface area contributed by atoms with Crippen LogP contribution in [-0.4, -0.2) is 13.2 Å². The zero-order valence-corrected chi connectivity index (χ0v) is 6.21. The fourth-order valence-electron chi connectivity index (χ4n) is 1.99. The molecule has 0 aromatic rings. The number of rotatable bonds is 0. The molecule has 10 heavy (non-hydrogen) atoms. The maximum Gasteiger partial charge on any atom is 0.0854 e. The molecule has 1 saturated heterocycles. The average molecular weight is 142 g/mol. The first-order chi connectivity index (χ1) is 4.97. The van der Waals surface area contributed by atoms with Gasteiger partial charge in [0.25, 0.3) is 0 Å². The van der Waals surface area contributed by atoms with Crippen molar-refractivity contribution in [2.45, 2.75) is 25.7 Å². The van der Waals surface area contributed by atoms with Crippen molar-refractivity contribution in [3.63, 3.8) is 0 Å². The second-order valence-corrected chi connectivity index (χ2v) is 3.37. The monoisotopic (exact) mass is 142 g/mol. The average Bonchev–Trinajstić information content (AvgIpc) is 2.05. The number of fused-ring (bicyclic) bond motifs is 1. The minimum absolute atomic E-state index is 0.808. The predicted molar refractivity (Wildman–Crippen MR) is 37.4 cm³/mol. The van der Waals surface area contributed by atoms with Crippen molar-refractivity contribution in [2.75, 3.05) is 13.2 Å². The van der Waals surface area contributed by atoms with Crippen LogP contribution in [-0.2, 0) is 9.78 Å². The van der Waals surface area contributed by atoms with Gasteiger partial charge in [-0.2, -0.15) is 0 Å². The van der Waals surface area contributed by atoms with Gasteiger partial charge >= 0.3 is 0 Å². The van der Waals surface area contributed by atoms with E-state index in [1.165, 1.54) is 25.7 Å². The molecule has 58 valence electrons. The van der Waals surface area contributed by atoms with Crippen LogP contribution in [0.3, 0.4) is 0 Å². The second kappa shape index (κ2) is 2.89. The molecular formula is C8H14O2. The molecule has 0 N–H and O–H groups in total. The molecule has 2 nitrogen and oxygen atoms in total. The van der Waals surface area contributed by atoms with Gasteiger partial charge in [-0.05, 0) is 24.7 Å². The van der Waals surface area contributed by atoms with Gasteiger partial charge in [0.1, 0.15) is 0 Å². The lowest BCUT2D eigenvalue weighted by Crippen LogP contribution is -2.32. The minimum Gasteiger partial charge on any atom is -0.236 e. The molecule has 0 amide bonds. The molecule has 1 heterocycles. The van der Waals surface area contributed by atoms with Crippen molar-refractivity contribution in [1.29, 1.82) is 0 Å². The lowest BCUT2D eigenvalue weighted by molar-refractivity contribution is -0.340. The predicted octanol–water partition coefficient (Wildman–Crippen LogP) is 1.75. The molecule has 0 spiro atoms. The minimum atomic E-state index is 0.808. The van der Waals surface area contributed by atoms with E-state index in [-0.39, 0.29) is 0 Å². The zero-order valence-electron chi connectivity index (χ0n) is 6.21. The fraction of sp³-hybridized carbons (Fsp3) is 1.00. The molecule has 2 atom stereocenters. The van der Waals surface area contributed by atoms with E-state index in [2.05, 4.69) is 0 Å². The molecule has 2 rings (SSSR count). The summed E-state index contributed by atoms with van der Waals surface area (Å²) in [6.07, 6.45) is 5.50. The summed E-state index contributed by atoms with van der Waals surface area (Å²) < 4.78 is 0. The summed E-state index contributed by atoms with van der Waals surface area (Å²) in [4.78, 5) is 9.88. The Morgan fingerprint density at radius 2 is 1.30 bits per heavy atom. The summed E-state index contributed by atoms with van der Waals surface area (Å²) in [5.41, 5.74) is 0. The van der Waals surface area contributed by atoms with E-state index in [0.717, 1.165) is 25.0 Å². The van der Waals surface area contributed by atoms with Gasteiger partial charge < -0.3 is 0 Å². The highest BCUT2D eigenvalue weighted by Crippen LogP contribution is 2.32. The third-order valence-corrected chi connectivity index (χ3v) is 2.71. The molecule has 1 unspecified atom stereocenters. The van der Waals surface area contributed by atoms with Crippen LogP contribution in [0.1, 0.15) is 25.7 Å². The van der Waals surface area contributed by atoms with Crippen LogP contribution in [0.15, 0.2) is 0 Å². The summed E-state index contributed by atoms with van der Waals surface area (Å²) in [7, 11) is 0. The summed E-state index contributed by atoms with van der Waals surface area (Å²) in [6, 6.07) is 0. The quantitative estimate of drug-likeness (QED) is 0.480. The topological polar surface area (TPSA) is 18.5 Å². The smallest absolute Gasteiger partial charge is 0.0854 e. The highest BCUT2D eigenvalue weighted by Gasteiger charge is 2.28. The SMILES string of the molecule is C1CC[C@H]2COOCC2C1. The highest BCUT2D eigenvalue weighted by molar-refractivity contribution is 4.75. The van der Waals surface area contributed by atoms with Gasteiger partial charge in [-0.3, -0.25) is 0 Å². The lowest BCUT2D eigenvalue weighted by atomic mass is 9.80. The van der Waals surface area contributed by atoms with E-state index >= 15 is 0 Å². The van der Waals surface area contributed by atoms with E-state index < -0.39 is 0 Å². The van der Waals surface area contributed by atoms with E-state index in [0.29, 0.717) is 0 Å². The van der Waals surface area contributed by atoms with E-state index in [4.69, 9.17) is 9.78 Å². The Morgan fingerprint density at radius 1 is 0.800 bits per heavy atom. The van der Waals surface area contributed by atoms with Crippen molar-refractivity contribution in [2.24, 2.45) is 11.8 Å². The van der Waals surface area contributed by atoms with Gasteiger partial charge in [0, 0.05) is 0 Å². The van der Waals surface area contributed by atoms with Crippen LogP contribution in [0.2, 0.25) is 0 Å². The highest BCUT2D eigenvalue weighted by atomic mass is 17.2. The third kappa shape index (κ3) is 1.18. The largest absolute Gasteiger partial charge is 0.236 e. The summed E-state index contributed by atoms with van der Waals surface area (Å²) in [6.45, 7) is 1.68. The fourth-order valence-corrected chi connectivity index (χ4v) is 1.99. The maximum atomic E-state index is 4.94. The van der Waals surface area contributed by atoms with Gasteiger partial charge in [0.05, 0.1) is 13.2 Å². The first-order valence-corrected chi connectivity index (χ1v) is 4.21. The Labute approximate surface area is 61.4 Å². The molecular weight excluding hydrogens is 128 g/mol. The van der Waals surface area contributed by atoms with Gasteiger partial charge in [0.15, 0.2) is 0 Å². The Kier molecular flexibility index (Phi) is 1.91. The van der Waals surface area contributed by atoms with E-state index in [1.807, 2.05) is 0 Å². The van der Waals surface area contributed by atoms with Crippen LogP contribution >= 0.6 is 0 Å². The third-order valence-electron chi connectivity index (χ3n) is 2.71. The van der Waals surface area contributed by atoms with Gasteiger partial charge in [-0.1, -0.05) is 12.8 Å².